The van der Waals surface area contributed by atoms with Crippen LogP contribution < -0.4 is 15.7 Å². The molecule has 2 aromatic heterocycles. The lowest BCUT2D eigenvalue weighted by Crippen LogP contribution is -2.65. The number of rotatable bonds is 9. The number of H-pyrrole nitrogens is 1. The van der Waals surface area contributed by atoms with Crippen LogP contribution in [0, 0.1) is 0 Å². The molecule has 2 aliphatic rings. The minimum atomic E-state index is -1.43. The normalized spacial score (nSPS) is 22.4. The first-order valence-electron chi connectivity index (χ1n) is 18.2. The molecule has 5 N–H and O–H groups in total. The summed E-state index contributed by atoms with van der Waals surface area (Å²) < 4.78 is 13.8. The number of aliphatic hydroxyl groups excluding tert-OH is 3. The van der Waals surface area contributed by atoms with Crippen LogP contribution in [0.1, 0.15) is 31.4 Å². The highest BCUT2D eigenvalue weighted by molar-refractivity contribution is 5.87. The predicted octanol–water partition coefficient (Wildman–Crippen LogP) is 3.77. The van der Waals surface area contributed by atoms with E-state index in [1.807, 2.05) is 59.2 Å². The minimum absolute atomic E-state index is 0.0498. The summed E-state index contributed by atoms with van der Waals surface area (Å²) in [6.45, 7) is 3.30. The van der Waals surface area contributed by atoms with Gasteiger partial charge in [-0.05, 0) is 42.7 Å². The van der Waals surface area contributed by atoms with Crippen LogP contribution in [0.5, 0.6) is 5.75 Å². The second-order valence-corrected chi connectivity index (χ2v) is 14.0. The maximum absolute atomic E-state index is 12.8. The molecule has 0 saturated carbocycles. The average molecular weight is 731 g/mol. The Kier molecular flexibility index (Phi) is 9.97. The molecule has 13 nitrogen and oxygen atoms in total. The third-order valence-corrected chi connectivity index (χ3v) is 10.4. The molecule has 6 aromatic rings. The topological polar surface area (TPSA) is 175 Å². The molecule has 4 aromatic carbocycles. The van der Waals surface area contributed by atoms with E-state index in [1.54, 1.807) is 18.2 Å². The van der Waals surface area contributed by atoms with Gasteiger partial charge in [0, 0.05) is 49.8 Å². The number of nitrogens with zero attached hydrogens (tertiary/aromatic N) is 4. The molecule has 0 unspecified atom stereocenters. The van der Waals surface area contributed by atoms with Gasteiger partial charge < -0.3 is 35.1 Å². The molecule has 0 radical (unpaired) electrons. The van der Waals surface area contributed by atoms with E-state index in [4.69, 9.17) is 19.4 Å². The van der Waals surface area contributed by atoms with Crippen molar-refractivity contribution >= 4 is 28.0 Å². The molecule has 54 heavy (non-hydrogen) atoms. The molecular weight excluding hydrogens is 688 g/mol. The molecule has 13 heteroatoms. The van der Waals surface area contributed by atoms with Crippen LogP contribution in [-0.2, 0) is 16.1 Å². The van der Waals surface area contributed by atoms with Gasteiger partial charge in [-0.2, -0.15) is 0 Å². The number of hydrogen-bond acceptors (Lipinski definition) is 10. The number of aromatic amines is 1. The number of piperidine rings is 1. The quantitative estimate of drug-likeness (QED) is 0.147. The van der Waals surface area contributed by atoms with Gasteiger partial charge in [0.1, 0.15) is 30.1 Å². The number of benzene rings is 4. The lowest BCUT2D eigenvalue weighted by atomic mass is 9.97. The molecule has 2 fully saturated rings. The fraction of sp³-hybridized carbons (Fsp3) is 0.317. The molecule has 0 spiro atoms. The number of likely N-dealkylation sites (tertiary alicyclic amines) is 1. The van der Waals surface area contributed by atoms with Gasteiger partial charge in [-0.15, -0.1) is 0 Å². The van der Waals surface area contributed by atoms with E-state index >= 15 is 0 Å². The minimum Gasteiger partial charge on any atom is -0.462 e. The first-order chi connectivity index (χ1) is 26.2. The Labute approximate surface area is 310 Å². The van der Waals surface area contributed by atoms with Crippen LogP contribution in [0.25, 0.3) is 44.6 Å². The Hall–Kier alpha value is -5.44. The van der Waals surface area contributed by atoms with Crippen molar-refractivity contribution < 1.29 is 29.6 Å². The number of imidazole rings is 1. The number of fused-ring (bicyclic) bond motifs is 2. The van der Waals surface area contributed by atoms with Crippen molar-refractivity contribution in [3.05, 3.63) is 113 Å². The van der Waals surface area contributed by atoms with Crippen molar-refractivity contribution in [2.75, 3.05) is 19.7 Å². The lowest BCUT2D eigenvalue weighted by molar-refractivity contribution is -0.244. The van der Waals surface area contributed by atoms with Gasteiger partial charge in [0.15, 0.2) is 0 Å². The number of carbonyl (C=O) groups excluding carboxylic acids is 1. The van der Waals surface area contributed by atoms with E-state index in [-0.39, 0.29) is 11.7 Å². The standard InChI is InChI=1S/C41H42N6O7/c1-24(49)42-37-39(51)38(50)34(23-48)54-40(37)53-29-15-16-30-32(21-29)44-36(35(43-30)26-7-3-2-4-8-26)27-13-11-25(12-14-27)22-46-19-17-28(18-20-46)47-33-10-6-5-9-31(33)45-41(47)52/h2-16,21,28,34,37-40,48,50-51H,17-20,22-23H2,1H3,(H,42,49)(H,45,52)/t34-,37-,38-,39-,40-/m1/s1. The van der Waals surface area contributed by atoms with Crippen molar-refractivity contribution in [3.63, 3.8) is 0 Å². The van der Waals surface area contributed by atoms with Crippen LogP contribution in [0.3, 0.4) is 0 Å². The zero-order chi connectivity index (χ0) is 37.3. The molecule has 8 rings (SSSR count). The van der Waals surface area contributed by atoms with E-state index in [0.717, 1.165) is 60.3 Å². The Balaban J connectivity index is 1.03. The van der Waals surface area contributed by atoms with Gasteiger partial charge in [0.2, 0.25) is 12.2 Å². The third-order valence-electron chi connectivity index (χ3n) is 10.4. The number of nitrogens with one attached hydrogen (secondary N) is 2. The summed E-state index contributed by atoms with van der Waals surface area (Å²) in [5.41, 5.74) is 7.34. The van der Waals surface area contributed by atoms with Crippen LogP contribution in [0.2, 0.25) is 0 Å². The first-order valence-corrected chi connectivity index (χ1v) is 18.2. The van der Waals surface area contributed by atoms with Crippen LogP contribution in [0.15, 0.2) is 102 Å². The summed E-state index contributed by atoms with van der Waals surface area (Å²) in [6, 6.07) is 30.3. The summed E-state index contributed by atoms with van der Waals surface area (Å²) in [7, 11) is 0. The maximum Gasteiger partial charge on any atom is 0.326 e. The van der Waals surface area contributed by atoms with Gasteiger partial charge in [0.05, 0.1) is 40.1 Å². The monoisotopic (exact) mass is 730 g/mol. The zero-order valence-electron chi connectivity index (χ0n) is 29.7. The second kappa shape index (κ2) is 15.1. The fourth-order valence-electron chi connectivity index (χ4n) is 7.61. The maximum atomic E-state index is 12.8. The Morgan fingerprint density at radius 3 is 2.30 bits per heavy atom. The SMILES string of the molecule is CC(=O)N[C@H]1[C@H](Oc2ccc3nc(-c4ccccc4)c(-c4ccc(CN5CCC(n6c(=O)[nH]c7ccccc76)CC5)cc4)nc3c2)O[C@H](CO)[C@@H](O)[C@@H]1O. The van der Waals surface area contributed by atoms with Gasteiger partial charge in [-0.1, -0.05) is 66.7 Å². The van der Waals surface area contributed by atoms with Crippen LogP contribution in [-0.4, -0.2) is 96.0 Å². The lowest BCUT2D eigenvalue weighted by Gasteiger charge is -2.42. The number of hydrogen-bond donors (Lipinski definition) is 5. The number of aliphatic hydroxyl groups is 3. The van der Waals surface area contributed by atoms with Crippen molar-refractivity contribution in [2.24, 2.45) is 0 Å². The number of para-hydroxylation sites is 2. The highest BCUT2D eigenvalue weighted by Crippen LogP contribution is 2.34. The number of amides is 1. The van der Waals surface area contributed by atoms with Gasteiger partial charge in [0.25, 0.3) is 0 Å². The van der Waals surface area contributed by atoms with Crippen molar-refractivity contribution in [1.29, 1.82) is 0 Å². The number of aromatic nitrogens is 4. The Bertz CT molecular complexity index is 2320. The van der Waals surface area contributed by atoms with Gasteiger partial charge in [-0.3, -0.25) is 14.3 Å². The fourth-order valence-corrected chi connectivity index (χ4v) is 7.61. The molecule has 0 bridgehead atoms. The second-order valence-electron chi connectivity index (χ2n) is 14.0. The number of carbonyl (C=O) groups is 1. The van der Waals surface area contributed by atoms with E-state index in [0.29, 0.717) is 22.5 Å². The largest absolute Gasteiger partial charge is 0.462 e. The number of ether oxygens (including phenoxy) is 2. The van der Waals surface area contributed by atoms with Crippen LogP contribution in [0.4, 0.5) is 0 Å². The highest BCUT2D eigenvalue weighted by Gasteiger charge is 2.46. The van der Waals surface area contributed by atoms with E-state index in [1.165, 1.54) is 12.5 Å². The summed E-state index contributed by atoms with van der Waals surface area (Å²) in [6.07, 6.45) is -3.38. The van der Waals surface area contributed by atoms with Crippen molar-refractivity contribution in [3.8, 4) is 28.3 Å². The molecular formula is C41H42N6O7. The molecule has 278 valence electrons. The molecule has 2 aliphatic heterocycles. The first kappa shape index (κ1) is 35.6. The van der Waals surface area contributed by atoms with E-state index in [9.17, 15) is 24.9 Å². The smallest absolute Gasteiger partial charge is 0.326 e. The van der Waals surface area contributed by atoms with Gasteiger partial charge >= 0.3 is 5.69 Å². The van der Waals surface area contributed by atoms with E-state index in [2.05, 4.69) is 39.5 Å². The van der Waals surface area contributed by atoms with Crippen LogP contribution >= 0.6 is 0 Å². The Morgan fingerprint density at radius 2 is 1.57 bits per heavy atom. The zero-order valence-corrected chi connectivity index (χ0v) is 29.7. The highest BCUT2D eigenvalue weighted by atomic mass is 16.7. The summed E-state index contributed by atoms with van der Waals surface area (Å²) in [4.78, 5) is 40.2. The summed E-state index contributed by atoms with van der Waals surface area (Å²) >= 11 is 0. The molecule has 4 heterocycles. The summed E-state index contributed by atoms with van der Waals surface area (Å²) in [5, 5.41) is 33.5. The Morgan fingerprint density at radius 1 is 0.889 bits per heavy atom. The molecule has 1 amide bonds. The van der Waals surface area contributed by atoms with Crippen molar-refractivity contribution in [2.45, 2.75) is 63.0 Å². The van der Waals surface area contributed by atoms with E-state index < -0.39 is 43.2 Å². The molecule has 5 atom stereocenters. The summed E-state index contributed by atoms with van der Waals surface area (Å²) in [5.74, 6) is -0.104. The van der Waals surface area contributed by atoms with Crippen molar-refractivity contribution in [1.82, 2.24) is 29.7 Å². The molecule has 0 aliphatic carbocycles. The predicted molar refractivity (Wildman–Crippen MR) is 203 cm³/mol. The molecule has 2 saturated heterocycles. The average Bonchev–Trinajstić information content (AvgIpc) is 3.53. The third kappa shape index (κ3) is 7.11. The van der Waals surface area contributed by atoms with Gasteiger partial charge in [-0.25, -0.2) is 14.8 Å².